The van der Waals surface area contributed by atoms with Gasteiger partial charge in [-0.05, 0) is 31.0 Å². The summed E-state index contributed by atoms with van der Waals surface area (Å²) < 4.78 is 4.84. The Labute approximate surface area is 120 Å². The van der Waals surface area contributed by atoms with Crippen molar-refractivity contribution in [2.24, 2.45) is 0 Å². The van der Waals surface area contributed by atoms with Gasteiger partial charge in [0, 0.05) is 11.1 Å². The molecule has 0 aliphatic carbocycles. The molecular formula is C15H22ClNO2. The first-order valence-electron chi connectivity index (χ1n) is 6.67. The maximum Gasteiger partial charge on any atom is 0.322 e. The Bertz CT molecular complexity index is 392. The number of hydrogen-bond donors (Lipinski definition) is 1. The van der Waals surface area contributed by atoms with E-state index in [1.54, 1.807) is 0 Å². The molecule has 0 fully saturated rings. The molecule has 3 nitrogen and oxygen atoms in total. The van der Waals surface area contributed by atoms with E-state index in [1.165, 1.54) is 7.11 Å². The van der Waals surface area contributed by atoms with Crippen LogP contribution in [0.2, 0.25) is 5.02 Å². The second-order valence-corrected chi connectivity index (χ2v) is 5.09. The largest absolute Gasteiger partial charge is 0.468 e. The van der Waals surface area contributed by atoms with E-state index in [0.717, 1.165) is 24.8 Å². The van der Waals surface area contributed by atoms with Crippen molar-refractivity contribution >= 4 is 17.6 Å². The standard InChI is InChI=1S/C15H22ClNO2/c1-4-5-6-14(15(18)19-3)17-11(2)12-7-9-13(16)10-8-12/h7-11,14,17H,4-6H2,1-3H3/t11-,14?/m0/s1. The van der Waals surface area contributed by atoms with Gasteiger partial charge in [-0.2, -0.15) is 0 Å². The van der Waals surface area contributed by atoms with E-state index < -0.39 is 0 Å². The van der Waals surface area contributed by atoms with Crippen molar-refractivity contribution in [3.05, 3.63) is 34.9 Å². The molecule has 0 aromatic heterocycles. The van der Waals surface area contributed by atoms with Crippen LogP contribution in [0.5, 0.6) is 0 Å². The lowest BCUT2D eigenvalue weighted by Crippen LogP contribution is -2.39. The molecule has 1 N–H and O–H groups in total. The van der Waals surface area contributed by atoms with Crippen LogP contribution in [0, 0.1) is 0 Å². The Morgan fingerprint density at radius 2 is 2.00 bits per heavy atom. The zero-order valence-corrected chi connectivity index (χ0v) is 12.5. The average Bonchev–Trinajstić information content (AvgIpc) is 2.43. The normalized spacial score (nSPS) is 13.9. The van der Waals surface area contributed by atoms with E-state index in [1.807, 2.05) is 31.2 Å². The first kappa shape index (κ1) is 16.0. The van der Waals surface area contributed by atoms with Crippen LogP contribution in [-0.2, 0) is 9.53 Å². The summed E-state index contributed by atoms with van der Waals surface area (Å²) in [6.07, 6.45) is 2.85. The third-order valence-corrected chi connectivity index (χ3v) is 3.41. The van der Waals surface area contributed by atoms with E-state index in [4.69, 9.17) is 16.3 Å². The highest BCUT2D eigenvalue weighted by Crippen LogP contribution is 2.17. The van der Waals surface area contributed by atoms with Gasteiger partial charge < -0.3 is 4.74 Å². The van der Waals surface area contributed by atoms with E-state index in [0.29, 0.717) is 5.02 Å². The number of halogens is 1. The molecule has 0 amide bonds. The van der Waals surface area contributed by atoms with Crippen molar-refractivity contribution in [3.63, 3.8) is 0 Å². The molecule has 0 spiro atoms. The van der Waals surface area contributed by atoms with Crippen LogP contribution in [0.4, 0.5) is 0 Å². The van der Waals surface area contributed by atoms with E-state index in [-0.39, 0.29) is 18.1 Å². The van der Waals surface area contributed by atoms with Crippen LogP contribution in [0.25, 0.3) is 0 Å². The Hall–Kier alpha value is -1.06. The van der Waals surface area contributed by atoms with Crippen molar-refractivity contribution in [1.82, 2.24) is 5.32 Å². The number of esters is 1. The molecule has 0 saturated carbocycles. The van der Waals surface area contributed by atoms with Gasteiger partial charge >= 0.3 is 5.97 Å². The van der Waals surface area contributed by atoms with Gasteiger partial charge in [0.25, 0.3) is 0 Å². The minimum absolute atomic E-state index is 0.0817. The molecule has 1 aromatic rings. The van der Waals surface area contributed by atoms with Crippen LogP contribution >= 0.6 is 11.6 Å². The first-order chi connectivity index (χ1) is 9.08. The minimum Gasteiger partial charge on any atom is -0.468 e. The van der Waals surface area contributed by atoms with Crippen LogP contribution in [-0.4, -0.2) is 19.1 Å². The van der Waals surface area contributed by atoms with Crippen molar-refractivity contribution in [2.45, 2.75) is 45.2 Å². The predicted molar refractivity (Wildman–Crippen MR) is 78.3 cm³/mol. The smallest absolute Gasteiger partial charge is 0.322 e. The van der Waals surface area contributed by atoms with E-state index >= 15 is 0 Å². The van der Waals surface area contributed by atoms with E-state index in [2.05, 4.69) is 12.2 Å². The monoisotopic (exact) mass is 283 g/mol. The molecule has 0 heterocycles. The highest BCUT2D eigenvalue weighted by atomic mass is 35.5. The SMILES string of the molecule is CCCCC(N[C@@H](C)c1ccc(Cl)cc1)C(=O)OC. The summed E-state index contributed by atoms with van der Waals surface area (Å²) in [5, 5.41) is 4.03. The fourth-order valence-corrected chi connectivity index (χ4v) is 2.10. The summed E-state index contributed by atoms with van der Waals surface area (Å²) in [6, 6.07) is 7.47. The van der Waals surface area contributed by atoms with Gasteiger partial charge in [-0.3, -0.25) is 10.1 Å². The lowest BCUT2D eigenvalue weighted by molar-refractivity contribution is -0.143. The third-order valence-electron chi connectivity index (χ3n) is 3.15. The molecule has 106 valence electrons. The number of unbranched alkanes of at least 4 members (excludes halogenated alkanes) is 1. The van der Waals surface area contributed by atoms with Crippen molar-refractivity contribution in [1.29, 1.82) is 0 Å². The summed E-state index contributed by atoms with van der Waals surface area (Å²) in [5.41, 5.74) is 1.11. The summed E-state index contributed by atoms with van der Waals surface area (Å²) in [7, 11) is 1.43. The molecule has 2 atom stereocenters. The summed E-state index contributed by atoms with van der Waals surface area (Å²) in [6.45, 7) is 4.14. The minimum atomic E-state index is -0.254. The Kier molecular flexibility index (Phi) is 6.89. The number of rotatable bonds is 7. The van der Waals surface area contributed by atoms with Crippen LogP contribution in [0.3, 0.4) is 0 Å². The lowest BCUT2D eigenvalue weighted by Gasteiger charge is -2.21. The number of carbonyl (C=O) groups excluding carboxylic acids is 1. The molecule has 0 aliphatic heterocycles. The molecule has 0 radical (unpaired) electrons. The van der Waals surface area contributed by atoms with Gasteiger partial charge in [0.2, 0.25) is 0 Å². The summed E-state index contributed by atoms with van der Waals surface area (Å²) in [4.78, 5) is 11.7. The maximum atomic E-state index is 11.7. The molecule has 4 heteroatoms. The van der Waals surface area contributed by atoms with Crippen LogP contribution in [0.1, 0.15) is 44.7 Å². The Morgan fingerprint density at radius 1 is 1.37 bits per heavy atom. The van der Waals surface area contributed by atoms with Crippen molar-refractivity contribution < 1.29 is 9.53 Å². The number of benzene rings is 1. The highest BCUT2D eigenvalue weighted by molar-refractivity contribution is 6.30. The molecule has 1 rings (SSSR count). The van der Waals surface area contributed by atoms with Gasteiger partial charge in [0.05, 0.1) is 7.11 Å². The summed E-state index contributed by atoms with van der Waals surface area (Å²) in [5.74, 6) is -0.200. The highest BCUT2D eigenvalue weighted by Gasteiger charge is 2.20. The zero-order valence-electron chi connectivity index (χ0n) is 11.8. The second-order valence-electron chi connectivity index (χ2n) is 4.66. The molecule has 0 saturated heterocycles. The topological polar surface area (TPSA) is 38.3 Å². The van der Waals surface area contributed by atoms with Crippen LogP contribution < -0.4 is 5.32 Å². The van der Waals surface area contributed by atoms with Crippen molar-refractivity contribution in [3.8, 4) is 0 Å². The predicted octanol–water partition coefficient (Wildman–Crippen LogP) is 3.72. The number of nitrogens with one attached hydrogen (secondary N) is 1. The fraction of sp³-hybridized carbons (Fsp3) is 0.533. The molecule has 1 unspecified atom stereocenters. The average molecular weight is 284 g/mol. The number of hydrogen-bond acceptors (Lipinski definition) is 3. The molecule has 0 bridgehead atoms. The Balaban J connectivity index is 2.66. The van der Waals surface area contributed by atoms with Gasteiger partial charge in [-0.15, -0.1) is 0 Å². The van der Waals surface area contributed by atoms with Crippen LogP contribution in [0.15, 0.2) is 24.3 Å². The van der Waals surface area contributed by atoms with Gasteiger partial charge in [0.1, 0.15) is 6.04 Å². The number of carbonyl (C=O) groups is 1. The quantitative estimate of drug-likeness (QED) is 0.775. The van der Waals surface area contributed by atoms with Gasteiger partial charge in [0.15, 0.2) is 0 Å². The van der Waals surface area contributed by atoms with Crippen molar-refractivity contribution in [2.75, 3.05) is 7.11 Å². The lowest BCUT2D eigenvalue weighted by atomic mass is 10.0. The fourth-order valence-electron chi connectivity index (χ4n) is 1.97. The zero-order chi connectivity index (χ0) is 14.3. The molecular weight excluding hydrogens is 262 g/mol. The van der Waals surface area contributed by atoms with Gasteiger partial charge in [-0.25, -0.2) is 0 Å². The third kappa shape index (κ3) is 5.21. The number of methoxy groups -OCH3 is 1. The Morgan fingerprint density at radius 3 is 2.53 bits per heavy atom. The summed E-state index contributed by atoms with van der Waals surface area (Å²) >= 11 is 5.87. The van der Waals surface area contributed by atoms with Gasteiger partial charge in [-0.1, -0.05) is 43.5 Å². The number of ether oxygens (including phenoxy) is 1. The first-order valence-corrected chi connectivity index (χ1v) is 7.05. The molecule has 19 heavy (non-hydrogen) atoms. The second kappa shape index (κ2) is 8.18. The van der Waals surface area contributed by atoms with E-state index in [9.17, 15) is 4.79 Å². The molecule has 0 aliphatic rings. The molecule has 1 aromatic carbocycles. The maximum absolute atomic E-state index is 11.7.